The lowest BCUT2D eigenvalue weighted by Gasteiger charge is -2.10. The first-order valence-electron chi connectivity index (χ1n) is 5.21. The molecule has 82 valence electrons. The zero-order chi connectivity index (χ0) is 11.7. The number of hydrogen-bond donors (Lipinski definition) is 0. The predicted octanol–water partition coefficient (Wildman–Crippen LogP) is 3.57. The van der Waals surface area contributed by atoms with Gasteiger partial charge in [0.05, 0.1) is 5.52 Å². The summed E-state index contributed by atoms with van der Waals surface area (Å²) in [5.74, 6) is 0. The summed E-state index contributed by atoms with van der Waals surface area (Å²) in [6.45, 7) is 3.89. The van der Waals surface area contributed by atoms with E-state index in [9.17, 15) is 4.79 Å². The number of carbonyl (C=O) groups is 1. The summed E-state index contributed by atoms with van der Waals surface area (Å²) in [7, 11) is 0. The Balaban J connectivity index is 2.91. The SMILES string of the molecule is CCc1c(C=O)c(C)nc2ccc(Cl)cc12. The van der Waals surface area contributed by atoms with Gasteiger partial charge in [0, 0.05) is 21.7 Å². The molecule has 16 heavy (non-hydrogen) atoms. The van der Waals surface area contributed by atoms with Gasteiger partial charge < -0.3 is 0 Å². The molecule has 0 atom stereocenters. The van der Waals surface area contributed by atoms with Crippen LogP contribution in [0.4, 0.5) is 0 Å². The third-order valence-electron chi connectivity index (χ3n) is 2.76. The molecule has 0 saturated heterocycles. The highest BCUT2D eigenvalue weighted by molar-refractivity contribution is 6.31. The van der Waals surface area contributed by atoms with E-state index < -0.39 is 0 Å². The maximum absolute atomic E-state index is 11.1. The van der Waals surface area contributed by atoms with Gasteiger partial charge in [-0.25, -0.2) is 0 Å². The molecule has 0 saturated carbocycles. The van der Waals surface area contributed by atoms with Crippen LogP contribution in [0.1, 0.15) is 28.5 Å². The fourth-order valence-corrected chi connectivity index (χ4v) is 2.16. The number of nitrogens with zero attached hydrogens (tertiary/aromatic N) is 1. The highest BCUT2D eigenvalue weighted by Gasteiger charge is 2.10. The molecule has 0 fully saturated rings. The van der Waals surface area contributed by atoms with Gasteiger partial charge in [0.15, 0.2) is 6.29 Å². The Morgan fingerprint density at radius 1 is 1.44 bits per heavy atom. The molecule has 0 radical (unpaired) electrons. The van der Waals surface area contributed by atoms with Crippen molar-refractivity contribution in [3.63, 3.8) is 0 Å². The number of carbonyl (C=O) groups excluding carboxylic acids is 1. The van der Waals surface area contributed by atoms with Crippen LogP contribution in [0, 0.1) is 6.92 Å². The van der Waals surface area contributed by atoms with Gasteiger partial charge in [-0.1, -0.05) is 18.5 Å². The minimum absolute atomic E-state index is 0.671. The number of pyridine rings is 1. The molecule has 3 heteroatoms. The minimum Gasteiger partial charge on any atom is -0.298 e. The van der Waals surface area contributed by atoms with Gasteiger partial charge >= 0.3 is 0 Å². The maximum Gasteiger partial charge on any atom is 0.152 e. The molecule has 2 rings (SSSR count). The summed E-state index contributed by atoms with van der Waals surface area (Å²) in [6, 6.07) is 5.57. The third-order valence-corrected chi connectivity index (χ3v) is 2.99. The summed E-state index contributed by atoms with van der Waals surface area (Å²) in [4.78, 5) is 15.5. The Labute approximate surface area is 99.3 Å². The van der Waals surface area contributed by atoms with E-state index in [0.29, 0.717) is 10.6 Å². The number of rotatable bonds is 2. The lowest BCUT2D eigenvalue weighted by Crippen LogP contribution is -1.99. The lowest BCUT2D eigenvalue weighted by atomic mass is 9.99. The van der Waals surface area contributed by atoms with Crippen LogP contribution >= 0.6 is 11.6 Å². The Hall–Kier alpha value is -1.41. The monoisotopic (exact) mass is 233 g/mol. The van der Waals surface area contributed by atoms with Gasteiger partial charge in [0.25, 0.3) is 0 Å². The summed E-state index contributed by atoms with van der Waals surface area (Å²) in [6.07, 6.45) is 1.68. The van der Waals surface area contributed by atoms with Crippen LogP contribution in [0.5, 0.6) is 0 Å². The van der Waals surface area contributed by atoms with Gasteiger partial charge in [-0.2, -0.15) is 0 Å². The second-order valence-electron chi connectivity index (χ2n) is 3.72. The van der Waals surface area contributed by atoms with Crippen molar-refractivity contribution < 1.29 is 4.79 Å². The normalized spacial score (nSPS) is 10.7. The number of aryl methyl sites for hydroxylation is 2. The Kier molecular flexibility index (Phi) is 2.92. The zero-order valence-corrected chi connectivity index (χ0v) is 10.0. The van der Waals surface area contributed by atoms with Crippen molar-refractivity contribution in [2.45, 2.75) is 20.3 Å². The maximum atomic E-state index is 11.1. The molecule has 2 nitrogen and oxygen atoms in total. The molecule has 0 aliphatic heterocycles. The van der Waals surface area contributed by atoms with E-state index in [1.165, 1.54) is 0 Å². The van der Waals surface area contributed by atoms with E-state index in [1.54, 1.807) is 0 Å². The number of fused-ring (bicyclic) bond motifs is 1. The number of hydrogen-bond acceptors (Lipinski definition) is 2. The van der Waals surface area contributed by atoms with Crippen molar-refractivity contribution in [1.29, 1.82) is 0 Å². The average Bonchev–Trinajstić information content (AvgIpc) is 2.28. The van der Waals surface area contributed by atoms with E-state index in [2.05, 4.69) is 4.98 Å². The molecule has 0 aliphatic rings. The average molecular weight is 234 g/mol. The molecule has 1 aromatic carbocycles. The second kappa shape index (κ2) is 4.22. The largest absolute Gasteiger partial charge is 0.298 e. The minimum atomic E-state index is 0.671. The number of benzene rings is 1. The molecular weight excluding hydrogens is 222 g/mol. The molecule has 0 aliphatic carbocycles. The quantitative estimate of drug-likeness (QED) is 0.743. The van der Waals surface area contributed by atoms with Gasteiger partial charge in [-0.3, -0.25) is 9.78 Å². The number of halogens is 1. The summed E-state index contributed by atoms with van der Waals surface area (Å²) >= 11 is 5.97. The van der Waals surface area contributed by atoms with Crippen LogP contribution in [0.25, 0.3) is 10.9 Å². The summed E-state index contributed by atoms with van der Waals surface area (Å²) in [5, 5.41) is 1.65. The fraction of sp³-hybridized carbons (Fsp3) is 0.231. The number of aldehydes is 1. The zero-order valence-electron chi connectivity index (χ0n) is 9.25. The van der Waals surface area contributed by atoms with E-state index in [-0.39, 0.29) is 0 Å². The first kappa shape index (κ1) is 11.1. The Morgan fingerprint density at radius 2 is 2.19 bits per heavy atom. The first-order valence-corrected chi connectivity index (χ1v) is 5.59. The molecule has 2 aromatic rings. The molecule has 1 heterocycles. The Bertz CT molecular complexity index is 563. The first-order chi connectivity index (χ1) is 7.67. The molecular formula is C13H12ClNO. The fourth-order valence-electron chi connectivity index (χ4n) is 1.99. The van der Waals surface area contributed by atoms with E-state index in [0.717, 1.165) is 34.9 Å². The predicted molar refractivity (Wildman–Crippen MR) is 66.3 cm³/mol. The van der Waals surface area contributed by atoms with Gasteiger partial charge in [-0.05, 0) is 37.1 Å². The van der Waals surface area contributed by atoms with Crippen LogP contribution in [-0.2, 0) is 6.42 Å². The van der Waals surface area contributed by atoms with E-state index in [1.807, 2.05) is 32.0 Å². The molecule has 0 amide bonds. The van der Waals surface area contributed by atoms with Crippen LogP contribution in [0.15, 0.2) is 18.2 Å². The van der Waals surface area contributed by atoms with Gasteiger partial charge in [0.1, 0.15) is 0 Å². The highest BCUT2D eigenvalue weighted by atomic mass is 35.5. The van der Waals surface area contributed by atoms with Crippen molar-refractivity contribution in [2.24, 2.45) is 0 Å². The standard InChI is InChI=1S/C13H12ClNO/c1-3-10-11-6-9(14)4-5-13(11)15-8(2)12(10)7-16/h4-7H,3H2,1-2H3. The topological polar surface area (TPSA) is 30.0 Å². The molecule has 0 unspecified atom stereocenters. The van der Waals surface area contributed by atoms with Crippen molar-refractivity contribution in [2.75, 3.05) is 0 Å². The molecule has 0 spiro atoms. The van der Waals surface area contributed by atoms with Crippen LogP contribution < -0.4 is 0 Å². The van der Waals surface area contributed by atoms with Crippen LogP contribution in [0.2, 0.25) is 5.02 Å². The van der Waals surface area contributed by atoms with Crippen LogP contribution in [-0.4, -0.2) is 11.3 Å². The van der Waals surface area contributed by atoms with Gasteiger partial charge in [-0.15, -0.1) is 0 Å². The smallest absolute Gasteiger partial charge is 0.152 e. The molecule has 1 aromatic heterocycles. The summed E-state index contributed by atoms with van der Waals surface area (Å²) < 4.78 is 0. The second-order valence-corrected chi connectivity index (χ2v) is 4.16. The van der Waals surface area contributed by atoms with Crippen molar-refractivity contribution in [3.8, 4) is 0 Å². The third kappa shape index (κ3) is 1.69. The molecule has 0 bridgehead atoms. The highest BCUT2D eigenvalue weighted by Crippen LogP contribution is 2.25. The van der Waals surface area contributed by atoms with Crippen molar-refractivity contribution >= 4 is 28.8 Å². The van der Waals surface area contributed by atoms with E-state index in [4.69, 9.17) is 11.6 Å². The van der Waals surface area contributed by atoms with E-state index >= 15 is 0 Å². The Morgan fingerprint density at radius 3 is 2.81 bits per heavy atom. The van der Waals surface area contributed by atoms with Crippen molar-refractivity contribution in [3.05, 3.63) is 40.0 Å². The van der Waals surface area contributed by atoms with Gasteiger partial charge in [0.2, 0.25) is 0 Å². The van der Waals surface area contributed by atoms with Crippen LogP contribution in [0.3, 0.4) is 0 Å². The number of aromatic nitrogens is 1. The lowest BCUT2D eigenvalue weighted by molar-refractivity contribution is 0.112. The van der Waals surface area contributed by atoms with Crippen molar-refractivity contribution in [1.82, 2.24) is 4.98 Å². The molecule has 0 N–H and O–H groups in total. The summed E-state index contributed by atoms with van der Waals surface area (Å²) in [5.41, 5.74) is 3.39.